The highest BCUT2D eigenvalue weighted by atomic mass is 16.5. The van der Waals surface area contributed by atoms with Crippen LogP contribution < -0.4 is 5.32 Å². The second-order valence-electron chi connectivity index (χ2n) is 6.07. The van der Waals surface area contributed by atoms with E-state index in [0.29, 0.717) is 24.7 Å². The molecule has 0 bridgehead atoms. The Bertz CT molecular complexity index is 831. The largest absolute Gasteiger partial charge is 0.376 e. The molecule has 0 unspecified atom stereocenters. The molecule has 1 aliphatic rings. The standard InChI is InChI=1S/C17H20N6O2/c1-2-9-25-15(6-1)12-24-11-13-4-3-5-14(10-13)18-16-7-8-17-19-21-22-23(17)20-16/h3-5,7-8,10,15H,1-2,6,9,11-12H2,(H,18,20)/t15-/m1/s1. The van der Waals surface area contributed by atoms with Gasteiger partial charge in [-0.25, -0.2) is 0 Å². The number of hydrogen-bond donors (Lipinski definition) is 1. The highest BCUT2D eigenvalue weighted by molar-refractivity contribution is 5.57. The average molecular weight is 340 g/mol. The summed E-state index contributed by atoms with van der Waals surface area (Å²) in [5.41, 5.74) is 2.65. The molecular formula is C17H20N6O2. The summed E-state index contributed by atoms with van der Waals surface area (Å²) in [7, 11) is 0. The lowest BCUT2D eigenvalue weighted by molar-refractivity contribution is -0.0447. The number of benzene rings is 1. The summed E-state index contributed by atoms with van der Waals surface area (Å²) in [4.78, 5) is 0. The molecule has 1 aromatic carbocycles. The fourth-order valence-electron chi connectivity index (χ4n) is 2.85. The molecule has 3 aromatic rings. The Hall–Kier alpha value is -2.58. The molecule has 0 saturated carbocycles. The number of nitrogens with one attached hydrogen (secondary N) is 1. The van der Waals surface area contributed by atoms with E-state index in [0.717, 1.165) is 30.7 Å². The van der Waals surface area contributed by atoms with Gasteiger partial charge < -0.3 is 14.8 Å². The molecule has 2 aromatic heterocycles. The fourth-order valence-corrected chi connectivity index (χ4v) is 2.85. The summed E-state index contributed by atoms with van der Waals surface area (Å²) in [5, 5.41) is 18.8. The van der Waals surface area contributed by atoms with Gasteiger partial charge in [0.2, 0.25) is 0 Å². The van der Waals surface area contributed by atoms with E-state index >= 15 is 0 Å². The topological polar surface area (TPSA) is 86.5 Å². The molecule has 8 nitrogen and oxygen atoms in total. The number of anilines is 2. The smallest absolute Gasteiger partial charge is 0.200 e. The number of hydrogen-bond acceptors (Lipinski definition) is 7. The summed E-state index contributed by atoms with van der Waals surface area (Å²) in [6.07, 6.45) is 3.72. The quantitative estimate of drug-likeness (QED) is 0.737. The minimum Gasteiger partial charge on any atom is -0.376 e. The molecule has 1 fully saturated rings. The molecule has 1 N–H and O–H groups in total. The maximum atomic E-state index is 5.81. The molecule has 0 aliphatic carbocycles. The summed E-state index contributed by atoms with van der Waals surface area (Å²) in [5.74, 6) is 0.675. The average Bonchev–Trinajstić information content (AvgIpc) is 3.11. The van der Waals surface area contributed by atoms with E-state index in [9.17, 15) is 0 Å². The maximum Gasteiger partial charge on any atom is 0.200 e. The molecule has 4 rings (SSSR count). The first kappa shape index (κ1) is 15.9. The van der Waals surface area contributed by atoms with Gasteiger partial charge in [0, 0.05) is 12.3 Å². The van der Waals surface area contributed by atoms with Crippen LogP contribution in [0.1, 0.15) is 24.8 Å². The summed E-state index contributed by atoms with van der Waals surface area (Å²) < 4.78 is 12.9. The van der Waals surface area contributed by atoms with Crippen LogP contribution in [0.4, 0.5) is 11.5 Å². The lowest BCUT2D eigenvalue weighted by Crippen LogP contribution is -2.24. The molecule has 8 heteroatoms. The van der Waals surface area contributed by atoms with Crippen molar-refractivity contribution in [3.05, 3.63) is 42.0 Å². The van der Waals surface area contributed by atoms with E-state index in [4.69, 9.17) is 9.47 Å². The van der Waals surface area contributed by atoms with Crippen LogP contribution in [-0.2, 0) is 16.1 Å². The molecule has 0 amide bonds. The predicted molar refractivity (Wildman–Crippen MR) is 91.5 cm³/mol. The minimum atomic E-state index is 0.238. The summed E-state index contributed by atoms with van der Waals surface area (Å²) >= 11 is 0. The van der Waals surface area contributed by atoms with Crippen LogP contribution in [0.2, 0.25) is 0 Å². The van der Waals surface area contributed by atoms with Crippen molar-refractivity contribution in [2.45, 2.75) is 32.0 Å². The summed E-state index contributed by atoms with van der Waals surface area (Å²) in [6.45, 7) is 2.07. The molecule has 1 aliphatic heterocycles. The van der Waals surface area contributed by atoms with Crippen LogP contribution >= 0.6 is 0 Å². The molecular weight excluding hydrogens is 320 g/mol. The van der Waals surface area contributed by atoms with Gasteiger partial charge in [-0.2, -0.15) is 0 Å². The molecule has 130 valence electrons. The van der Waals surface area contributed by atoms with Crippen LogP contribution in [0.15, 0.2) is 36.4 Å². The molecule has 1 atom stereocenters. The lowest BCUT2D eigenvalue weighted by atomic mass is 10.1. The maximum absolute atomic E-state index is 5.81. The van der Waals surface area contributed by atoms with Crippen molar-refractivity contribution in [2.24, 2.45) is 0 Å². The second-order valence-corrected chi connectivity index (χ2v) is 6.07. The number of tetrazole rings is 1. The highest BCUT2D eigenvalue weighted by Gasteiger charge is 2.13. The molecule has 0 spiro atoms. The third-order valence-corrected chi connectivity index (χ3v) is 4.12. The minimum absolute atomic E-state index is 0.238. The third kappa shape index (κ3) is 4.09. The van der Waals surface area contributed by atoms with Crippen molar-refractivity contribution in [3.63, 3.8) is 0 Å². The van der Waals surface area contributed by atoms with Gasteiger partial charge in [0.15, 0.2) is 11.5 Å². The number of aromatic nitrogens is 5. The van der Waals surface area contributed by atoms with Crippen LogP contribution in [-0.4, -0.2) is 44.6 Å². The van der Waals surface area contributed by atoms with Gasteiger partial charge >= 0.3 is 0 Å². The van der Waals surface area contributed by atoms with E-state index in [1.54, 1.807) is 0 Å². The van der Waals surface area contributed by atoms with Gasteiger partial charge in [0.1, 0.15) is 0 Å². The zero-order valence-corrected chi connectivity index (χ0v) is 13.8. The molecule has 0 radical (unpaired) electrons. The van der Waals surface area contributed by atoms with Crippen LogP contribution in [0.25, 0.3) is 5.65 Å². The van der Waals surface area contributed by atoms with E-state index in [1.165, 1.54) is 11.1 Å². The van der Waals surface area contributed by atoms with Crippen molar-refractivity contribution in [1.29, 1.82) is 0 Å². The van der Waals surface area contributed by atoms with Gasteiger partial charge in [-0.3, -0.25) is 0 Å². The number of ether oxygens (including phenoxy) is 2. The Kier molecular flexibility index (Phi) is 4.80. The van der Waals surface area contributed by atoms with Gasteiger partial charge in [0.25, 0.3) is 0 Å². The Morgan fingerprint density at radius 2 is 2.24 bits per heavy atom. The summed E-state index contributed by atoms with van der Waals surface area (Å²) in [6, 6.07) is 11.7. The van der Waals surface area contributed by atoms with E-state index < -0.39 is 0 Å². The van der Waals surface area contributed by atoms with Crippen molar-refractivity contribution in [3.8, 4) is 0 Å². The fraction of sp³-hybridized carbons (Fsp3) is 0.412. The monoisotopic (exact) mass is 340 g/mol. The SMILES string of the molecule is c1cc(COC[C@H]2CCCCO2)cc(Nc2ccc3nnnn3n2)c1. The van der Waals surface area contributed by atoms with Crippen molar-refractivity contribution < 1.29 is 9.47 Å². The predicted octanol–water partition coefficient (Wildman–Crippen LogP) is 2.35. The zero-order valence-electron chi connectivity index (χ0n) is 13.8. The third-order valence-electron chi connectivity index (χ3n) is 4.12. The molecule has 1 saturated heterocycles. The van der Waals surface area contributed by atoms with Crippen molar-refractivity contribution >= 4 is 17.2 Å². The van der Waals surface area contributed by atoms with Gasteiger partial charge in [0.05, 0.1) is 19.3 Å². The first-order chi connectivity index (χ1) is 12.4. The molecule has 3 heterocycles. The Labute approximate surface area is 145 Å². The van der Waals surface area contributed by atoms with Crippen molar-refractivity contribution in [2.75, 3.05) is 18.5 Å². The first-order valence-electron chi connectivity index (χ1n) is 8.47. The first-order valence-corrected chi connectivity index (χ1v) is 8.47. The van der Waals surface area contributed by atoms with E-state index in [1.807, 2.05) is 36.4 Å². The zero-order chi connectivity index (χ0) is 16.9. The van der Waals surface area contributed by atoms with Gasteiger partial charge in [-0.05, 0) is 59.5 Å². The Morgan fingerprint density at radius 1 is 1.24 bits per heavy atom. The van der Waals surface area contributed by atoms with Crippen molar-refractivity contribution in [1.82, 2.24) is 25.3 Å². The number of fused-ring (bicyclic) bond motifs is 1. The lowest BCUT2D eigenvalue weighted by Gasteiger charge is -2.22. The second kappa shape index (κ2) is 7.54. The number of nitrogens with zero attached hydrogens (tertiary/aromatic N) is 5. The van der Waals surface area contributed by atoms with E-state index in [2.05, 4.69) is 25.9 Å². The van der Waals surface area contributed by atoms with Crippen LogP contribution in [0.3, 0.4) is 0 Å². The molecule has 25 heavy (non-hydrogen) atoms. The van der Waals surface area contributed by atoms with Crippen LogP contribution in [0.5, 0.6) is 0 Å². The van der Waals surface area contributed by atoms with E-state index in [-0.39, 0.29) is 6.10 Å². The highest BCUT2D eigenvalue weighted by Crippen LogP contribution is 2.18. The van der Waals surface area contributed by atoms with Gasteiger partial charge in [-0.15, -0.1) is 14.8 Å². The van der Waals surface area contributed by atoms with Gasteiger partial charge in [-0.1, -0.05) is 12.1 Å². The van der Waals surface area contributed by atoms with Crippen LogP contribution in [0, 0.1) is 0 Å². The normalized spacial score (nSPS) is 17.7. The number of rotatable bonds is 6. The Morgan fingerprint density at radius 3 is 3.16 bits per heavy atom. The Balaban J connectivity index is 1.35.